The number of esters is 1. The van der Waals surface area contributed by atoms with Crippen LogP contribution in [0.2, 0.25) is 0 Å². The molecule has 0 saturated heterocycles. The van der Waals surface area contributed by atoms with Gasteiger partial charge in [-0.25, -0.2) is 4.79 Å². The fraction of sp³-hybridized carbons (Fsp3) is 0.250. The van der Waals surface area contributed by atoms with Crippen molar-refractivity contribution in [1.29, 1.82) is 0 Å². The van der Waals surface area contributed by atoms with E-state index in [0.717, 1.165) is 12.7 Å². The molecular weight excluding hydrogens is 208 g/mol. The molecular formula is C12H14O4. The van der Waals surface area contributed by atoms with Gasteiger partial charge in [-0.1, -0.05) is 42.5 Å². The fourth-order valence-corrected chi connectivity index (χ4v) is 1.14. The second-order valence-electron chi connectivity index (χ2n) is 3.23. The zero-order chi connectivity index (χ0) is 12.0. The largest absolute Gasteiger partial charge is 0.467 e. The second-order valence-corrected chi connectivity index (χ2v) is 3.23. The van der Waals surface area contributed by atoms with Crippen LogP contribution in [0.4, 0.5) is 0 Å². The van der Waals surface area contributed by atoms with Crippen molar-refractivity contribution in [3.8, 4) is 0 Å². The first-order valence-electron chi connectivity index (χ1n) is 4.82. The summed E-state index contributed by atoms with van der Waals surface area (Å²) in [7, 11) is 1.15. The standard InChI is InChI=1S/C12H14O4/c1-16-12(15)11(14)10(13)8-7-9-5-3-2-4-6-9/h2-8,10-11,13-14H,1H3/b8-7+/t10-,11+/m0/s1. The summed E-state index contributed by atoms with van der Waals surface area (Å²) < 4.78 is 4.30. The molecule has 2 atom stereocenters. The van der Waals surface area contributed by atoms with Gasteiger partial charge in [0, 0.05) is 0 Å². The first-order chi connectivity index (χ1) is 7.65. The molecule has 0 aliphatic rings. The molecule has 0 amide bonds. The Labute approximate surface area is 93.8 Å². The van der Waals surface area contributed by atoms with E-state index in [1.54, 1.807) is 6.08 Å². The molecule has 4 heteroatoms. The van der Waals surface area contributed by atoms with Crippen LogP contribution in [0, 0.1) is 0 Å². The first kappa shape index (κ1) is 12.4. The van der Waals surface area contributed by atoms with E-state index in [4.69, 9.17) is 0 Å². The molecule has 0 radical (unpaired) electrons. The average molecular weight is 222 g/mol. The number of rotatable bonds is 4. The number of carbonyl (C=O) groups is 1. The Hall–Kier alpha value is -1.65. The van der Waals surface area contributed by atoms with Crippen molar-refractivity contribution in [1.82, 2.24) is 0 Å². The fourth-order valence-electron chi connectivity index (χ4n) is 1.14. The molecule has 2 N–H and O–H groups in total. The van der Waals surface area contributed by atoms with E-state index in [1.165, 1.54) is 6.08 Å². The molecule has 0 fully saturated rings. The van der Waals surface area contributed by atoms with Crippen LogP contribution in [0.15, 0.2) is 36.4 Å². The summed E-state index contributed by atoms with van der Waals surface area (Å²) in [5, 5.41) is 18.7. The summed E-state index contributed by atoms with van der Waals surface area (Å²) in [4.78, 5) is 10.9. The number of carbonyl (C=O) groups excluding carboxylic acids is 1. The molecule has 0 heterocycles. The molecule has 86 valence electrons. The minimum Gasteiger partial charge on any atom is -0.467 e. The number of benzene rings is 1. The first-order valence-corrected chi connectivity index (χ1v) is 4.82. The quantitative estimate of drug-likeness (QED) is 0.732. The summed E-state index contributed by atoms with van der Waals surface area (Å²) in [6.07, 6.45) is 0.144. The molecule has 0 unspecified atom stereocenters. The van der Waals surface area contributed by atoms with Crippen molar-refractivity contribution in [2.45, 2.75) is 12.2 Å². The number of aliphatic hydroxyl groups excluding tert-OH is 2. The maximum Gasteiger partial charge on any atom is 0.337 e. The normalized spacial score (nSPS) is 14.7. The number of hydrogen-bond donors (Lipinski definition) is 2. The van der Waals surface area contributed by atoms with Gasteiger partial charge in [0.1, 0.15) is 6.10 Å². The number of hydrogen-bond acceptors (Lipinski definition) is 4. The molecule has 4 nitrogen and oxygen atoms in total. The molecule has 1 rings (SSSR count). The smallest absolute Gasteiger partial charge is 0.337 e. The lowest BCUT2D eigenvalue weighted by molar-refractivity contribution is -0.154. The van der Waals surface area contributed by atoms with Gasteiger partial charge in [0.05, 0.1) is 7.11 Å². The molecule has 0 aliphatic carbocycles. The van der Waals surface area contributed by atoms with Crippen LogP contribution >= 0.6 is 0 Å². The van der Waals surface area contributed by atoms with Gasteiger partial charge >= 0.3 is 5.97 Å². The van der Waals surface area contributed by atoms with Gasteiger partial charge in [-0.05, 0) is 5.56 Å². The van der Waals surface area contributed by atoms with Crippen LogP contribution in [0.3, 0.4) is 0 Å². The van der Waals surface area contributed by atoms with Crippen LogP contribution in [0.25, 0.3) is 6.08 Å². The van der Waals surface area contributed by atoms with Crippen molar-refractivity contribution in [3.63, 3.8) is 0 Å². The molecule has 0 aliphatic heterocycles. The summed E-state index contributed by atoms with van der Waals surface area (Å²) >= 11 is 0. The van der Waals surface area contributed by atoms with E-state index in [1.807, 2.05) is 30.3 Å². The van der Waals surface area contributed by atoms with Crippen LogP contribution in [-0.2, 0) is 9.53 Å². The lowest BCUT2D eigenvalue weighted by Gasteiger charge is -2.11. The summed E-state index contributed by atoms with van der Waals surface area (Å²) in [6.45, 7) is 0. The Kier molecular flexibility index (Phi) is 4.69. The maximum absolute atomic E-state index is 10.9. The van der Waals surface area contributed by atoms with Crippen molar-refractivity contribution in [3.05, 3.63) is 42.0 Å². The number of ether oxygens (including phenoxy) is 1. The molecule has 1 aromatic carbocycles. The van der Waals surface area contributed by atoms with Gasteiger partial charge in [0.2, 0.25) is 0 Å². The monoisotopic (exact) mass is 222 g/mol. The molecule has 1 aromatic rings. The highest BCUT2D eigenvalue weighted by molar-refractivity contribution is 5.75. The molecule has 16 heavy (non-hydrogen) atoms. The molecule has 0 bridgehead atoms. The zero-order valence-electron chi connectivity index (χ0n) is 8.91. The topological polar surface area (TPSA) is 66.8 Å². The van der Waals surface area contributed by atoms with Gasteiger partial charge < -0.3 is 14.9 Å². The lowest BCUT2D eigenvalue weighted by Crippen LogP contribution is -2.33. The lowest BCUT2D eigenvalue weighted by atomic mass is 10.1. The van der Waals surface area contributed by atoms with E-state index in [0.29, 0.717) is 0 Å². The van der Waals surface area contributed by atoms with Crippen molar-refractivity contribution < 1.29 is 19.7 Å². The van der Waals surface area contributed by atoms with Crippen molar-refractivity contribution >= 4 is 12.0 Å². The average Bonchev–Trinajstić information content (AvgIpc) is 2.35. The van der Waals surface area contributed by atoms with E-state index in [2.05, 4.69) is 4.74 Å². The van der Waals surface area contributed by atoms with Gasteiger partial charge in [-0.3, -0.25) is 0 Å². The Balaban J connectivity index is 2.61. The summed E-state index contributed by atoms with van der Waals surface area (Å²) in [5.74, 6) is -0.856. The van der Waals surface area contributed by atoms with E-state index < -0.39 is 18.2 Å². The highest BCUT2D eigenvalue weighted by atomic mass is 16.5. The third-order valence-electron chi connectivity index (χ3n) is 2.05. The predicted octanol–water partition coefficient (Wildman–Crippen LogP) is 0.595. The summed E-state index contributed by atoms with van der Waals surface area (Å²) in [5.41, 5.74) is 0.874. The Morgan fingerprint density at radius 3 is 2.50 bits per heavy atom. The van der Waals surface area contributed by atoms with Crippen molar-refractivity contribution in [2.24, 2.45) is 0 Å². The van der Waals surface area contributed by atoms with E-state index in [-0.39, 0.29) is 0 Å². The molecule has 0 aromatic heterocycles. The van der Waals surface area contributed by atoms with Gasteiger partial charge in [-0.15, -0.1) is 0 Å². The molecule has 0 spiro atoms. The number of aliphatic hydroxyl groups is 2. The minimum absolute atomic E-state index is 0.856. The Morgan fingerprint density at radius 2 is 1.94 bits per heavy atom. The Bertz CT molecular complexity index is 359. The summed E-state index contributed by atoms with van der Waals surface area (Å²) in [6, 6.07) is 9.25. The highest BCUT2D eigenvalue weighted by Gasteiger charge is 2.22. The second kappa shape index (κ2) is 6.05. The molecule has 0 saturated carbocycles. The number of methoxy groups -OCH3 is 1. The van der Waals surface area contributed by atoms with E-state index in [9.17, 15) is 15.0 Å². The third-order valence-corrected chi connectivity index (χ3v) is 2.05. The van der Waals surface area contributed by atoms with Crippen LogP contribution < -0.4 is 0 Å². The predicted molar refractivity (Wildman–Crippen MR) is 59.5 cm³/mol. The van der Waals surface area contributed by atoms with Crippen molar-refractivity contribution in [2.75, 3.05) is 7.11 Å². The Morgan fingerprint density at radius 1 is 1.31 bits per heavy atom. The maximum atomic E-state index is 10.9. The van der Waals surface area contributed by atoms with Crippen LogP contribution in [0.5, 0.6) is 0 Å². The van der Waals surface area contributed by atoms with Gasteiger partial charge in [-0.2, -0.15) is 0 Å². The SMILES string of the molecule is COC(=O)[C@H](O)[C@@H](O)/C=C/c1ccccc1. The van der Waals surface area contributed by atoms with Gasteiger partial charge in [0.15, 0.2) is 6.10 Å². The highest BCUT2D eigenvalue weighted by Crippen LogP contribution is 2.04. The minimum atomic E-state index is -1.55. The zero-order valence-corrected chi connectivity index (χ0v) is 8.91. The van der Waals surface area contributed by atoms with E-state index >= 15 is 0 Å². The third kappa shape index (κ3) is 3.49. The van der Waals surface area contributed by atoms with Gasteiger partial charge in [0.25, 0.3) is 0 Å². The van der Waals surface area contributed by atoms with Crippen LogP contribution in [0.1, 0.15) is 5.56 Å². The van der Waals surface area contributed by atoms with Crippen LogP contribution in [-0.4, -0.2) is 35.5 Å².